The number of hydrogen-bond acceptors (Lipinski definition) is 5. The molecule has 3 aromatic rings. The molecule has 6 nitrogen and oxygen atoms in total. The zero-order valence-corrected chi connectivity index (χ0v) is 17.5. The fourth-order valence-corrected chi connectivity index (χ4v) is 3.63. The first-order valence-electron chi connectivity index (χ1n) is 9.71. The lowest BCUT2D eigenvalue weighted by molar-refractivity contribution is -0.120. The fraction of sp³-hybridized carbons (Fsp3) is 0.318. The second-order valence-corrected chi connectivity index (χ2v) is 7.66. The van der Waals surface area contributed by atoms with Crippen molar-refractivity contribution in [2.45, 2.75) is 32.7 Å². The topological polar surface area (TPSA) is 67.4 Å². The summed E-state index contributed by atoms with van der Waals surface area (Å²) in [6.45, 7) is 3.98. The molecule has 0 bridgehead atoms. The number of aryl methyl sites for hydroxylation is 1. The summed E-state index contributed by atoms with van der Waals surface area (Å²) in [5.74, 6) is -3.05. The number of nitrogens with one attached hydrogen (secondary N) is 1. The number of ether oxygens (including phenoxy) is 1. The molecule has 2 aromatic carbocycles. The van der Waals surface area contributed by atoms with E-state index in [-0.39, 0.29) is 18.1 Å². The second kappa shape index (κ2) is 7.40. The maximum absolute atomic E-state index is 14.8. The molecule has 1 aromatic heterocycles. The average Bonchev–Trinajstić information content (AvgIpc) is 2.69. The van der Waals surface area contributed by atoms with Crippen molar-refractivity contribution in [3.05, 3.63) is 53.1 Å². The Labute approximate surface area is 177 Å². The van der Waals surface area contributed by atoms with Crippen molar-refractivity contribution >= 4 is 28.3 Å². The maximum atomic E-state index is 14.8. The van der Waals surface area contributed by atoms with Crippen LogP contribution in [0.5, 0.6) is 5.75 Å². The Bertz CT molecular complexity index is 1190. The number of nitrogens with zero attached hydrogens (tertiary/aromatic N) is 3. The summed E-state index contributed by atoms with van der Waals surface area (Å²) in [6.07, 6.45) is 0. The van der Waals surface area contributed by atoms with Gasteiger partial charge in [0.05, 0.1) is 22.8 Å². The number of alkyl halides is 2. The van der Waals surface area contributed by atoms with E-state index in [1.807, 2.05) is 0 Å². The summed E-state index contributed by atoms with van der Waals surface area (Å²) >= 11 is 0. The van der Waals surface area contributed by atoms with Crippen molar-refractivity contribution in [2.75, 3.05) is 23.9 Å². The number of carbonyl (C=O) groups excluding carboxylic acids is 1. The minimum Gasteiger partial charge on any atom is -0.481 e. The standard InChI is InChI=1S/C22H21F3N4O2/c1-11(13-6-5-7-15(20(13)23)22(3,24)25)26-21-14-8-17-18(31-10-19(30)29(17)4)9-16(14)27-12(2)28-21/h5-9,11H,10H2,1-4H3,(H,26,27,28). The first-order chi connectivity index (χ1) is 14.6. The predicted molar refractivity (Wildman–Crippen MR) is 111 cm³/mol. The van der Waals surface area contributed by atoms with Gasteiger partial charge in [-0.05, 0) is 19.9 Å². The van der Waals surface area contributed by atoms with Gasteiger partial charge in [0.15, 0.2) is 6.61 Å². The number of rotatable bonds is 4. The minimum absolute atomic E-state index is 0.0567. The van der Waals surface area contributed by atoms with Crippen LogP contribution in [0.1, 0.15) is 36.8 Å². The van der Waals surface area contributed by atoms with Gasteiger partial charge in [-0.15, -0.1) is 0 Å². The highest BCUT2D eigenvalue weighted by molar-refractivity contribution is 6.02. The predicted octanol–water partition coefficient (Wildman–Crippen LogP) is 4.72. The molecule has 2 heterocycles. The van der Waals surface area contributed by atoms with Crippen LogP contribution in [0.25, 0.3) is 10.9 Å². The summed E-state index contributed by atoms with van der Waals surface area (Å²) in [7, 11) is 1.64. The summed E-state index contributed by atoms with van der Waals surface area (Å²) < 4.78 is 47.8. The molecular weight excluding hydrogens is 409 g/mol. The van der Waals surface area contributed by atoms with Crippen LogP contribution in [0, 0.1) is 12.7 Å². The van der Waals surface area contributed by atoms with Gasteiger partial charge in [-0.1, -0.05) is 18.2 Å². The monoisotopic (exact) mass is 430 g/mol. The molecule has 0 saturated heterocycles. The van der Waals surface area contributed by atoms with Crippen molar-refractivity contribution in [3.63, 3.8) is 0 Å². The van der Waals surface area contributed by atoms with Crippen molar-refractivity contribution in [2.24, 2.45) is 0 Å². The van der Waals surface area contributed by atoms with Crippen LogP contribution >= 0.6 is 0 Å². The number of fused-ring (bicyclic) bond motifs is 2. The summed E-state index contributed by atoms with van der Waals surface area (Å²) in [5, 5.41) is 3.71. The largest absolute Gasteiger partial charge is 0.481 e. The SMILES string of the molecule is Cc1nc(NC(C)c2cccc(C(C)(F)F)c2F)c2cc3c(cc2n1)OCC(=O)N3C. The molecule has 1 aliphatic heterocycles. The molecule has 4 rings (SSSR count). The Hall–Kier alpha value is -3.36. The van der Waals surface area contributed by atoms with Gasteiger partial charge in [-0.2, -0.15) is 0 Å². The minimum atomic E-state index is -3.30. The lowest BCUT2D eigenvalue weighted by Crippen LogP contribution is -2.35. The van der Waals surface area contributed by atoms with Gasteiger partial charge >= 0.3 is 0 Å². The molecule has 0 aliphatic carbocycles. The van der Waals surface area contributed by atoms with Crippen LogP contribution in [-0.2, 0) is 10.7 Å². The molecule has 9 heteroatoms. The van der Waals surface area contributed by atoms with E-state index >= 15 is 0 Å². The van der Waals surface area contributed by atoms with E-state index in [9.17, 15) is 18.0 Å². The maximum Gasteiger partial charge on any atom is 0.273 e. The number of benzene rings is 2. The van der Waals surface area contributed by atoms with E-state index in [2.05, 4.69) is 15.3 Å². The zero-order valence-electron chi connectivity index (χ0n) is 17.5. The van der Waals surface area contributed by atoms with Gasteiger partial charge in [-0.3, -0.25) is 4.79 Å². The van der Waals surface area contributed by atoms with Crippen molar-refractivity contribution in [1.82, 2.24) is 9.97 Å². The third-order valence-electron chi connectivity index (χ3n) is 5.30. The Kier molecular flexibility index (Phi) is 4.99. The second-order valence-electron chi connectivity index (χ2n) is 7.66. The number of halogens is 3. The number of aromatic nitrogens is 2. The van der Waals surface area contributed by atoms with Crippen LogP contribution in [0.2, 0.25) is 0 Å². The zero-order chi connectivity index (χ0) is 22.5. The molecule has 1 aliphatic rings. The van der Waals surface area contributed by atoms with Gasteiger partial charge < -0.3 is 15.0 Å². The first-order valence-corrected chi connectivity index (χ1v) is 9.71. The molecule has 162 valence electrons. The van der Waals surface area contributed by atoms with E-state index in [1.54, 1.807) is 33.0 Å². The molecule has 31 heavy (non-hydrogen) atoms. The third kappa shape index (κ3) is 3.75. The molecule has 1 atom stereocenters. The lowest BCUT2D eigenvalue weighted by atomic mass is 10.0. The van der Waals surface area contributed by atoms with Gasteiger partial charge in [0.1, 0.15) is 23.2 Å². The molecule has 1 unspecified atom stereocenters. The number of likely N-dealkylation sites (N-methyl/N-ethyl adjacent to an activating group) is 1. The molecule has 1 N–H and O–H groups in total. The van der Waals surface area contributed by atoms with Gasteiger partial charge in [0.25, 0.3) is 11.8 Å². The van der Waals surface area contributed by atoms with E-state index in [0.29, 0.717) is 40.9 Å². The normalized spacial score (nSPS) is 14.9. The molecule has 0 saturated carbocycles. The van der Waals surface area contributed by atoms with Crippen LogP contribution in [0.15, 0.2) is 30.3 Å². The van der Waals surface area contributed by atoms with Crippen LogP contribution in [0.4, 0.5) is 24.7 Å². The highest BCUT2D eigenvalue weighted by atomic mass is 19.3. The van der Waals surface area contributed by atoms with E-state index in [1.165, 1.54) is 17.0 Å². The van der Waals surface area contributed by atoms with Gasteiger partial charge in [-0.25, -0.2) is 23.1 Å². The number of amides is 1. The Morgan fingerprint density at radius 1 is 1.26 bits per heavy atom. The third-order valence-corrected chi connectivity index (χ3v) is 5.30. The fourth-order valence-electron chi connectivity index (χ4n) is 3.63. The molecule has 0 radical (unpaired) electrons. The summed E-state index contributed by atoms with van der Waals surface area (Å²) in [5.41, 5.74) is 0.578. The summed E-state index contributed by atoms with van der Waals surface area (Å²) in [6, 6.07) is 6.72. The van der Waals surface area contributed by atoms with Crippen LogP contribution in [-0.4, -0.2) is 29.5 Å². The smallest absolute Gasteiger partial charge is 0.273 e. The van der Waals surface area contributed by atoms with Gasteiger partial charge in [0.2, 0.25) is 0 Å². The van der Waals surface area contributed by atoms with E-state index in [4.69, 9.17) is 4.74 Å². The number of hydrogen-bond donors (Lipinski definition) is 1. The Balaban J connectivity index is 1.78. The average molecular weight is 430 g/mol. The summed E-state index contributed by atoms with van der Waals surface area (Å²) in [4.78, 5) is 22.3. The van der Waals surface area contributed by atoms with Crippen molar-refractivity contribution < 1.29 is 22.7 Å². The molecular formula is C22H21F3N4O2. The number of carbonyl (C=O) groups is 1. The molecule has 1 amide bonds. The highest BCUT2D eigenvalue weighted by Gasteiger charge is 2.30. The quantitative estimate of drug-likeness (QED) is 0.649. The lowest BCUT2D eigenvalue weighted by Gasteiger charge is -2.26. The van der Waals surface area contributed by atoms with Gasteiger partial charge in [0, 0.05) is 31.0 Å². The van der Waals surface area contributed by atoms with E-state index in [0.717, 1.165) is 6.07 Å². The number of anilines is 2. The van der Waals surface area contributed by atoms with Crippen LogP contribution < -0.4 is 15.0 Å². The highest BCUT2D eigenvalue weighted by Crippen LogP contribution is 2.38. The van der Waals surface area contributed by atoms with Crippen molar-refractivity contribution in [1.29, 1.82) is 0 Å². The van der Waals surface area contributed by atoms with Crippen LogP contribution in [0.3, 0.4) is 0 Å². The van der Waals surface area contributed by atoms with Crippen molar-refractivity contribution in [3.8, 4) is 5.75 Å². The molecule has 0 fully saturated rings. The first kappa shape index (κ1) is 20.9. The Morgan fingerprint density at radius 3 is 2.71 bits per heavy atom. The van der Waals surface area contributed by atoms with E-state index < -0.39 is 23.3 Å². The molecule has 0 spiro atoms. The Morgan fingerprint density at radius 2 is 2.00 bits per heavy atom.